The highest BCUT2D eigenvalue weighted by Gasteiger charge is 2.00. The molecule has 0 heterocycles. The molecule has 0 unspecified atom stereocenters. The smallest absolute Gasteiger partial charge is 0.141 e. The van der Waals surface area contributed by atoms with Crippen molar-refractivity contribution in [1.29, 1.82) is 0 Å². The normalized spacial score (nSPS) is 9.40. The fourth-order valence-corrected chi connectivity index (χ4v) is 0.798. The zero-order valence-electron chi connectivity index (χ0n) is 5.63. The largest absolute Gasteiger partial charge is 0.506 e. The molecule has 0 atom stereocenters. The molecule has 0 aromatic heterocycles. The van der Waals surface area contributed by atoms with E-state index in [0.717, 1.165) is 5.56 Å². The van der Waals surface area contributed by atoms with Gasteiger partial charge in [0.1, 0.15) is 11.4 Å². The Morgan fingerprint density at radius 3 is 2.50 bits per heavy atom. The third-order valence-corrected chi connectivity index (χ3v) is 1.36. The third kappa shape index (κ3) is 1.04. The summed E-state index contributed by atoms with van der Waals surface area (Å²) >= 11 is 0. The second-order valence-corrected chi connectivity index (χ2v) is 2.08. The lowest BCUT2D eigenvalue weighted by Gasteiger charge is -2.04. The van der Waals surface area contributed by atoms with Gasteiger partial charge in [0.25, 0.3) is 0 Å². The molecule has 3 heteroatoms. The van der Waals surface area contributed by atoms with Crippen molar-refractivity contribution in [2.45, 2.75) is 6.92 Å². The van der Waals surface area contributed by atoms with Crippen LogP contribution in [-0.4, -0.2) is 10.3 Å². The number of nitrogens with one attached hydrogen (secondary N) is 1. The summed E-state index contributed by atoms with van der Waals surface area (Å²) in [6.45, 7) is 1.79. The number of rotatable bonds is 1. The summed E-state index contributed by atoms with van der Waals surface area (Å²) in [7, 11) is 0. The van der Waals surface area contributed by atoms with Gasteiger partial charge >= 0.3 is 0 Å². The van der Waals surface area contributed by atoms with Gasteiger partial charge in [-0.2, -0.15) is 0 Å². The molecular formula is C7H9NO2. The van der Waals surface area contributed by atoms with Gasteiger partial charge in [-0.05, 0) is 18.6 Å². The zero-order valence-corrected chi connectivity index (χ0v) is 5.63. The van der Waals surface area contributed by atoms with Gasteiger partial charge < -0.3 is 5.11 Å². The van der Waals surface area contributed by atoms with Gasteiger partial charge in [0.05, 0.1) is 0 Å². The Bertz CT molecular complexity index is 215. The number of hydrogen-bond acceptors (Lipinski definition) is 3. The van der Waals surface area contributed by atoms with E-state index in [4.69, 9.17) is 10.3 Å². The first-order chi connectivity index (χ1) is 4.75. The Morgan fingerprint density at radius 1 is 1.40 bits per heavy atom. The quantitative estimate of drug-likeness (QED) is 0.408. The molecule has 0 spiro atoms. The standard InChI is InChI=1S/C7H9NO2/c1-5-3-2-4-6(9)7(5)8-10/h2-4,8-10H,1H3. The molecule has 1 rings (SSSR count). The summed E-state index contributed by atoms with van der Waals surface area (Å²) in [5.74, 6) is 0.0579. The first-order valence-corrected chi connectivity index (χ1v) is 2.94. The average molecular weight is 139 g/mol. The van der Waals surface area contributed by atoms with Crippen LogP contribution in [-0.2, 0) is 0 Å². The summed E-state index contributed by atoms with van der Waals surface area (Å²) in [6.07, 6.45) is 0. The maximum absolute atomic E-state index is 9.07. The van der Waals surface area contributed by atoms with Crippen molar-refractivity contribution in [3.8, 4) is 5.75 Å². The fraction of sp³-hybridized carbons (Fsp3) is 0.143. The van der Waals surface area contributed by atoms with Crippen molar-refractivity contribution >= 4 is 5.69 Å². The predicted octanol–water partition coefficient (Wildman–Crippen LogP) is 1.50. The molecule has 0 aliphatic rings. The van der Waals surface area contributed by atoms with Gasteiger partial charge in [-0.3, -0.25) is 10.7 Å². The van der Waals surface area contributed by atoms with Crippen molar-refractivity contribution < 1.29 is 10.3 Å². The molecule has 0 fully saturated rings. The molecule has 54 valence electrons. The SMILES string of the molecule is Cc1cccc(O)c1NO. The Labute approximate surface area is 58.9 Å². The molecule has 0 aliphatic heterocycles. The number of hydrogen-bond donors (Lipinski definition) is 3. The highest BCUT2D eigenvalue weighted by Crippen LogP contribution is 2.25. The molecule has 0 bridgehead atoms. The fourth-order valence-electron chi connectivity index (χ4n) is 0.798. The number of aryl methyl sites for hydroxylation is 1. The summed E-state index contributed by atoms with van der Waals surface area (Å²) in [4.78, 5) is 0. The number of para-hydroxylation sites is 1. The second-order valence-electron chi connectivity index (χ2n) is 2.08. The molecule has 3 N–H and O–H groups in total. The first-order valence-electron chi connectivity index (χ1n) is 2.94. The summed E-state index contributed by atoms with van der Waals surface area (Å²) in [5, 5.41) is 17.6. The highest BCUT2D eigenvalue weighted by atomic mass is 16.5. The molecule has 0 radical (unpaired) electrons. The van der Waals surface area contributed by atoms with Gasteiger partial charge in [0, 0.05) is 0 Å². The molecular weight excluding hydrogens is 130 g/mol. The molecule has 1 aromatic carbocycles. The van der Waals surface area contributed by atoms with Gasteiger partial charge in [-0.25, -0.2) is 0 Å². The van der Waals surface area contributed by atoms with Crippen LogP contribution in [0.1, 0.15) is 5.56 Å². The highest BCUT2D eigenvalue weighted by molar-refractivity contribution is 5.59. The van der Waals surface area contributed by atoms with Gasteiger partial charge in [0.15, 0.2) is 0 Å². The van der Waals surface area contributed by atoms with E-state index in [2.05, 4.69) is 0 Å². The second kappa shape index (κ2) is 2.58. The maximum atomic E-state index is 9.07. The molecule has 0 amide bonds. The van der Waals surface area contributed by atoms with Crippen molar-refractivity contribution in [1.82, 2.24) is 0 Å². The van der Waals surface area contributed by atoms with E-state index in [1.54, 1.807) is 19.1 Å². The number of benzene rings is 1. The van der Waals surface area contributed by atoms with Crippen LogP contribution in [0, 0.1) is 6.92 Å². The monoisotopic (exact) mass is 139 g/mol. The number of anilines is 1. The van der Waals surface area contributed by atoms with Crippen LogP contribution in [0.15, 0.2) is 18.2 Å². The van der Waals surface area contributed by atoms with E-state index in [1.807, 2.05) is 5.48 Å². The van der Waals surface area contributed by atoms with E-state index >= 15 is 0 Å². The van der Waals surface area contributed by atoms with E-state index in [0.29, 0.717) is 5.69 Å². The van der Waals surface area contributed by atoms with Gasteiger partial charge in [-0.15, -0.1) is 0 Å². The van der Waals surface area contributed by atoms with E-state index < -0.39 is 0 Å². The van der Waals surface area contributed by atoms with Crippen LogP contribution >= 0.6 is 0 Å². The first kappa shape index (κ1) is 6.89. The van der Waals surface area contributed by atoms with Crippen LogP contribution in [0.25, 0.3) is 0 Å². The Morgan fingerprint density at radius 2 is 2.10 bits per heavy atom. The van der Waals surface area contributed by atoms with Crippen LogP contribution < -0.4 is 5.48 Å². The van der Waals surface area contributed by atoms with Crippen LogP contribution in [0.3, 0.4) is 0 Å². The zero-order chi connectivity index (χ0) is 7.56. The molecule has 3 nitrogen and oxygen atoms in total. The van der Waals surface area contributed by atoms with Gasteiger partial charge in [0.2, 0.25) is 0 Å². The minimum Gasteiger partial charge on any atom is -0.506 e. The lowest BCUT2D eigenvalue weighted by atomic mass is 10.2. The van der Waals surface area contributed by atoms with Crippen LogP contribution in [0.2, 0.25) is 0 Å². The van der Waals surface area contributed by atoms with E-state index in [9.17, 15) is 0 Å². The molecule has 0 saturated heterocycles. The van der Waals surface area contributed by atoms with Crippen LogP contribution in [0.4, 0.5) is 5.69 Å². The van der Waals surface area contributed by atoms with Crippen molar-refractivity contribution in [2.75, 3.05) is 5.48 Å². The third-order valence-electron chi connectivity index (χ3n) is 1.36. The van der Waals surface area contributed by atoms with Crippen molar-refractivity contribution in [3.63, 3.8) is 0 Å². The lowest BCUT2D eigenvalue weighted by Crippen LogP contribution is -1.91. The minimum absolute atomic E-state index is 0.0579. The van der Waals surface area contributed by atoms with E-state index in [-0.39, 0.29) is 5.75 Å². The summed E-state index contributed by atoms with van der Waals surface area (Å²) in [6, 6.07) is 5.01. The summed E-state index contributed by atoms with van der Waals surface area (Å²) < 4.78 is 0. The number of aromatic hydroxyl groups is 1. The number of phenolic OH excluding ortho intramolecular Hbond substituents is 1. The molecule has 10 heavy (non-hydrogen) atoms. The number of phenols is 1. The topological polar surface area (TPSA) is 52.5 Å². The van der Waals surface area contributed by atoms with Crippen molar-refractivity contribution in [2.24, 2.45) is 0 Å². The molecule has 0 saturated carbocycles. The molecule has 0 aliphatic carbocycles. The Kier molecular flexibility index (Phi) is 1.78. The van der Waals surface area contributed by atoms with Crippen molar-refractivity contribution in [3.05, 3.63) is 23.8 Å². The Balaban J connectivity index is 3.17. The van der Waals surface area contributed by atoms with Gasteiger partial charge in [-0.1, -0.05) is 12.1 Å². The lowest BCUT2D eigenvalue weighted by molar-refractivity contribution is 0.380. The summed E-state index contributed by atoms with van der Waals surface area (Å²) in [5.41, 5.74) is 3.08. The van der Waals surface area contributed by atoms with Crippen LogP contribution in [0.5, 0.6) is 5.75 Å². The predicted molar refractivity (Wildman–Crippen MR) is 38.3 cm³/mol. The molecule has 1 aromatic rings. The van der Waals surface area contributed by atoms with E-state index in [1.165, 1.54) is 6.07 Å². The minimum atomic E-state index is 0.0579. The Hall–Kier alpha value is -1.22. The average Bonchev–Trinajstić information content (AvgIpc) is 1.88. The maximum Gasteiger partial charge on any atom is 0.141 e.